The summed E-state index contributed by atoms with van der Waals surface area (Å²) in [5, 5.41) is 26.6. The number of hydrogen-bond acceptors (Lipinski definition) is 8. The van der Waals surface area contributed by atoms with Crippen molar-refractivity contribution in [2.24, 2.45) is 10.2 Å². The Morgan fingerprint density at radius 3 is 1.74 bits per heavy atom. The highest BCUT2D eigenvalue weighted by atomic mass is 16.5. The normalized spacial score (nSPS) is 10.9. The second-order valence-electron chi connectivity index (χ2n) is 8.84. The van der Waals surface area contributed by atoms with E-state index in [0.29, 0.717) is 18.7 Å². The summed E-state index contributed by atoms with van der Waals surface area (Å²) < 4.78 is 10.9. The van der Waals surface area contributed by atoms with Gasteiger partial charge in [0, 0.05) is 12.1 Å². The Morgan fingerprint density at radius 2 is 1.18 bits per heavy atom. The number of benzene rings is 3. The van der Waals surface area contributed by atoms with Crippen LogP contribution in [0.25, 0.3) is 0 Å². The molecule has 0 saturated carbocycles. The number of aromatic carboxylic acids is 2. The lowest BCUT2D eigenvalue weighted by atomic mass is 10.1. The summed E-state index contributed by atoms with van der Waals surface area (Å²) in [6.07, 6.45) is 5.51. The summed E-state index contributed by atoms with van der Waals surface area (Å²) in [5.41, 5.74) is 7.28. The van der Waals surface area contributed by atoms with Crippen LogP contribution in [-0.2, 0) is 4.79 Å². The highest BCUT2D eigenvalue weighted by Crippen LogP contribution is 2.22. The summed E-state index contributed by atoms with van der Waals surface area (Å²) in [6, 6.07) is 17.8. The third kappa shape index (κ3) is 10.3. The molecule has 0 aromatic heterocycles. The van der Waals surface area contributed by atoms with E-state index < -0.39 is 17.9 Å². The average molecular weight is 534 g/mol. The molecule has 4 N–H and O–H groups in total. The number of esters is 1. The largest absolute Gasteiger partial charge is 0.494 e. The van der Waals surface area contributed by atoms with Crippen LogP contribution < -0.4 is 15.2 Å². The van der Waals surface area contributed by atoms with Gasteiger partial charge in [0.25, 0.3) is 0 Å². The van der Waals surface area contributed by atoms with E-state index in [-0.39, 0.29) is 23.3 Å². The molecule has 0 atom stereocenters. The maximum Gasteiger partial charge on any atom is 0.335 e. The van der Waals surface area contributed by atoms with Crippen molar-refractivity contribution in [1.82, 2.24) is 0 Å². The lowest BCUT2D eigenvalue weighted by Crippen LogP contribution is -2.10. The highest BCUT2D eigenvalue weighted by Gasteiger charge is 2.14. The van der Waals surface area contributed by atoms with Crippen LogP contribution in [0.15, 0.2) is 77.0 Å². The summed E-state index contributed by atoms with van der Waals surface area (Å²) in [4.78, 5) is 34.4. The minimum absolute atomic E-state index is 0.0884. The first-order valence-electron chi connectivity index (χ1n) is 12.6. The average Bonchev–Trinajstić information content (AvgIpc) is 2.92. The Bertz CT molecular complexity index is 1260. The molecular weight excluding hydrogens is 502 g/mol. The Hall–Kier alpha value is -4.73. The van der Waals surface area contributed by atoms with Crippen LogP contribution in [-0.4, -0.2) is 34.7 Å². The molecule has 0 fully saturated rings. The maximum absolute atomic E-state index is 12.1. The van der Waals surface area contributed by atoms with Crippen molar-refractivity contribution in [3.8, 4) is 11.5 Å². The van der Waals surface area contributed by atoms with Gasteiger partial charge in [0.15, 0.2) is 0 Å². The summed E-state index contributed by atoms with van der Waals surface area (Å²) in [7, 11) is 0. The molecule has 0 radical (unpaired) electrons. The topological polar surface area (TPSA) is 161 Å². The highest BCUT2D eigenvalue weighted by molar-refractivity contribution is 5.94. The van der Waals surface area contributed by atoms with Gasteiger partial charge in [-0.25, -0.2) is 9.59 Å². The molecule has 3 rings (SSSR count). The van der Waals surface area contributed by atoms with Gasteiger partial charge in [0.2, 0.25) is 0 Å². The van der Waals surface area contributed by atoms with Crippen LogP contribution in [0.2, 0.25) is 0 Å². The van der Waals surface area contributed by atoms with Crippen molar-refractivity contribution in [2.45, 2.75) is 44.9 Å². The molecule has 0 spiro atoms. The fourth-order valence-electron chi connectivity index (χ4n) is 3.62. The molecule has 204 valence electrons. The van der Waals surface area contributed by atoms with Crippen LogP contribution >= 0.6 is 0 Å². The number of carbonyl (C=O) groups is 3. The lowest BCUT2D eigenvalue weighted by molar-refractivity contribution is -0.134. The zero-order chi connectivity index (χ0) is 28.0. The standard InChI is InChI=1S/C29H31N3O7/c30-22-8-10-23(11-9-22)31-32-24-12-14-25(15-13-24)38-16-6-4-2-1-3-5-7-27(33)39-26-18-20(28(34)35)17-21(19-26)29(36)37/h8-15,17-19H,1-7,16,30H2,(H,34,35)(H,36,37). The van der Waals surface area contributed by atoms with E-state index in [0.717, 1.165) is 67.4 Å². The fraction of sp³-hybridized carbons (Fsp3) is 0.276. The van der Waals surface area contributed by atoms with E-state index in [2.05, 4.69) is 10.2 Å². The number of carboxylic acids is 2. The summed E-state index contributed by atoms with van der Waals surface area (Å²) in [5.74, 6) is -2.45. The number of carboxylic acid groups (broad SMARTS) is 2. The van der Waals surface area contributed by atoms with E-state index in [9.17, 15) is 14.4 Å². The zero-order valence-electron chi connectivity index (χ0n) is 21.4. The molecular formula is C29H31N3O7. The van der Waals surface area contributed by atoms with Gasteiger partial charge >= 0.3 is 17.9 Å². The van der Waals surface area contributed by atoms with Gasteiger partial charge in [0.1, 0.15) is 11.5 Å². The Morgan fingerprint density at radius 1 is 0.667 bits per heavy atom. The molecule has 3 aromatic carbocycles. The molecule has 10 heteroatoms. The molecule has 0 heterocycles. The van der Waals surface area contributed by atoms with E-state index in [1.165, 1.54) is 0 Å². The van der Waals surface area contributed by atoms with Crippen LogP contribution in [0.1, 0.15) is 65.7 Å². The fourth-order valence-corrected chi connectivity index (χ4v) is 3.62. The Balaban J connectivity index is 1.25. The molecule has 10 nitrogen and oxygen atoms in total. The molecule has 3 aromatic rings. The number of nitrogens with zero attached hydrogens (tertiary/aromatic N) is 2. The quantitative estimate of drug-likeness (QED) is 0.0632. The van der Waals surface area contributed by atoms with Crippen LogP contribution in [0, 0.1) is 0 Å². The number of nitrogens with two attached hydrogens (primary N) is 1. The van der Waals surface area contributed by atoms with Gasteiger partial charge in [-0.1, -0.05) is 25.7 Å². The maximum atomic E-state index is 12.1. The molecule has 0 aliphatic carbocycles. The molecule has 0 aliphatic heterocycles. The number of carbonyl (C=O) groups excluding carboxylic acids is 1. The first-order valence-corrected chi connectivity index (χ1v) is 12.6. The number of ether oxygens (including phenoxy) is 2. The van der Waals surface area contributed by atoms with Crippen molar-refractivity contribution >= 4 is 35.0 Å². The number of azo groups is 1. The molecule has 0 unspecified atom stereocenters. The first kappa shape index (κ1) is 28.8. The second-order valence-corrected chi connectivity index (χ2v) is 8.84. The number of nitrogen functional groups attached to an aromatic ring is 1. The van der Waals surface area contributed by atoms with E-state index in [1.807, 2.05) is 24.3 Å². The predicted molar refractivity (Wildman–Crippen MR) is 145 cm³/mol. The van der Waals surface area contributed by atoms with Gasteiger partial charge in [0.05, 0.1) is 29.1 Å². The van der Waals surface area contributed by atoms with Crippen molar-refractivity contribution < 1.29 is 34.1 Å². The van der Waals surface area contributed by atoms with E-state index >= 15 is 0 Å². The second kappa shape index (κ2) is 14.9. The zero-order valence-corrected chi connectivity index (χ0v) is 21.4. The van der Waals surface area contributed by atoms with Crippen LogP contribution in [0.4, 0.5) is 17.1 Å². The Kier molecular flexibility index (Phi) is 11.0. The minimum Gasteiger partial charge on any atom is -0.494 e. The number of rotatable bonds is 15. The molecule has 0 amide bonds. The van der Waals surface area contributed by atoms with Crippen molar-refractivity contribution in [1.29, 1.82) is 0 Å². The van der Waals surface area contributed by atoms with E-state index in [4.69, 9.17) is 25.4 Å². The minimum atomic E-state index is -1.30. The molecule has 39 heavy (non-hydrogen) atoms. The Labute approximate surface area is 226 Å². The summed E-state index contributed by atoms with van der Waals surface area (Å²) >= 11 is 0. The third-order valence-corrected chi connectivity index (χ3v) is 5.69. The predicted octanol–water partition coefficient (Wildman–Crippen LogP) is 6.80. The molecule has 0 saturated heterocycles. The smallest absolute Gasteiger partial charge is 0.335 e. The lowest BCUT2D eigenvalue weighted by Gasteiger charge is -2.07. The van der Waals surface area contributed by atoms with Gasteiger partial charge in [-0.2, -0.15) is 10.2 Å². The molecule has 0 bridgehead atoms. The van der Waals surface area contributed by atoms with Crippen molar-refractivity contribution in [2.75, 3.05) is 12.3 Å². The third-order valence-electron chi connectivity index (χ3n) is 5.69. The van der Waals surface area contributed by atoms with Gasteiger partial charge in [-0.15, -0.1) is 0 Å². The van der Waals surface area contributed by atoms with Crippen molar-refractivity contribution in [3.05, 3.63) is 77.9 Å². The van der Waals surface area contributed by atoms with Gasteiger partial charge < -0.3 is 25.4 Å². The number of unbranched alkanes of at least 4 members (excludes halogenated alkanes) is 5. The van der Waals surface area contributed by atoms with Gasteiger partial charge in [-0.05, 0) is 79.6 Å². The molecule has 0 aliphatic rings. The SMILES string of the molecule is Nc1ccc(N=Nc2ccc(OCCCCCCCCC(=O)Oc3cc(C(=O)O)cc(C(=O)O)c3)cc2)cc1. The number of anilines is 1. The van der Waals surface area contributed by atoms with Crippen LogP contribution in [0.5, 0.6) is 11.5 Å². The van der Waals surface area contributed by atoms with E-state index in [1.54, 1.807) is 24.3 Å². The first-order chi connectivity index (χ1) is 18.8. The van der Waals surface area contributed by atoms with Crippen molar-refractivity contribution in [3.63, 3.8) is 0 Å². The van der Waals surface area contributed by atoms with Gasteiger partial charge in [-0.3, -0.25) is 4.79 Å². The number of hydrogen-bond donors (Lipinski definition) is 3. The monoisotopic (exact) mass is 533 g/mol. The van der Waals surface area contributed by atoms with Crippen LogP contribution in [0.3, 0.4) is 0 Å². The summed E-state index contributed by atoms with van der Waals surface area (Å²) in [6.45, 7) is 0.604.